The third kappa shape index (κ3) is 4.05. The Morgan fingerprint density at radius 2 is 1.89 bits per heavy atom. The average Bonchev–Trinajstić information content (AvgIpc) is 2.40. The maximum absolute atomic E-state index is 10.2. The molecule has 0 amide bonds. The van der Waals surface area contributed by atoms with Gasteiger partial charge in [-0.05, 0) is 43.7 Å². The molecule has 1 aromatic carbocycles. The summed E-state index contributed by atoms with van der Waals surface area (Å²) in [7, 11) is 0. The summed E-state index contributed by atoms with van der Waals surface area (Å²) < 4.78 is 0. The third-order valence-electron chi connectivity index (χ3n) is 4.60. The molecule has 106 valence electrons. The van der Waals surface area contributed by atoms with Crippen LogP contribution in [0.15, 0.2) is 24.3 Å². The third-order valence-corrected chi connectivity index (χ3v) is 4.60. The largest absolute Gasteiger partial charge is 0.388 e. The Hall–Kier alpha value is -0.860. The predicted molar refractivity (Wildman–Crippen MR) is 80.1 cm³/mol. The normalized spacial score (nSPS) is 26.3. The van der Waals surface area contributed by atoms with Gasteiger partial charge in [-0.3, -0.25) is 0 Å². The first-order valence-electron chi connectivity index (χ1n) is 7.53. The summed E-state index contributed by atoms with van der Waals surface area (Å²) >= 11 is 0. The van der Waals surface area contributed by atoms with Gasteiger partial charge in [0.1, 0.15) is 0 Å². The van der Waals surface area contributed by atoms with Crippen molar-refractivity contribution in [1.82, 2.24) is 4.90 Å². The van der Waals surface area contributed by atoms with Crippen molar-refractivity contribution in [2.45, 2.75) is 39.7 Å². The smallest absolute Gasteiger partial charge is 0.0802 e. The fourth-order valence-corrected chi connectivity index (χ4v) is 2.81. The van der Waals surface area contributed by atoms with E-state index in [0.717, 1.165) is 30.4 Å². The van der Waals surface area contributed by atoms with Gasteiger partial charge < -0.3 is 10.0 Å². The van der Waals surface area contributed by atoms with Crippen molar-refractivity contribution in [3.05, 3.63) is 35.4 Å². The van der Waals surface area contributed by atoms with Crippen molar-refractivity contribution in [3.8, 4) is 0 Å². The number of rotatable bonds is 4. The summed E-state index contributed by atoms with van der Waals surface area (Å²) in [6.07, 6.45) is 1.81. The average molecular weight is 261 g/mol. The van der Waals surface area contributed by atoms with Gasteiger partial charge >= 0.3 is 0 Å². The molecule has 3 unspecified atom stereocenters. The molecule has 2 rings (SSSR count). The van der Waals surface area contributed by atoms with E-state index < -0.39 is 0 Å². The molecule has 0 spiro atoms. The van der Waals surface area contributed by atoms with Crippen LogP contribution in [-0.2, 0) is 0 Å². The molecule has 3 atom stereocenters. The Morgan fingerprint density at radius 3 is 2.53 bits per heavy atom. The van der Waals surface area contributed by atoms with Gasteiger partial charge in [-0.2, -0.15) is 0 Å². The Morgan fingerprint density at radius 1 is 1.21 bits per heavy atom. The van der Waals surface area contributed by atoms with Crippen LogP contribution in [0.3, 0.4) is 0 Å². The number of nitrogens with zero attached hydrogens (tertiary/aromatic N) is 1. The second-order valence-corrected chi connectivity index (χ2v) is 6.26. The lowest BCUT2D eigenvalue weighted by atomic mass is 9.88. The van der Waals surface area contributed by atoms with Crippen LogP contribution < -0.4 is 0 Å². The van der Waals surface area contributed by atoms with Gasteiger partial charge in [0.05, 0.1) is 6.10 Å². The van der Waals surface area contributed by atoms with E-state index in [9.17, 15) is 5.11 Å². The Bertz CT molecular complexity index is 387. The minimum atomic E-state index is -0.324. The lowest BCUT2D eigenvalue weighted by molar-refractivity contribution is 0.103. The van der Waals surface area contributed by atoms with Crippen molar-refractivity contribution >= 4 is 0 Å². The molecule has 1 saturated heterocycles. The zero-order valence-corrected chi connectivity index (χ0v) is 12.5. The number of aliphatic hydroxyl groups excluding tert-OH is 1. The fourth-order valence-electron chi connectivity index (χ4n) is 2.81. The molecule has 2 nitrogen and oxygen atoms in total. The van der Waals surface area contributed by atoms with Gasteiger partial charge in [-0.1, -0.05) is 43.7 Å². The van der Waals surface area contributed by atoms with Crippen LogP contribution in [0, 0.1) is 18.8 Å². The molecule has 19 heavy (non-hydrogen) atoms. The molecule has 0 saturated carbocycles. The highest BCUT2D eigenvalue weighted by atomic mass is 16.3. The van der Waals surface area contributed by atoms with E-state index in [1.54, 1.807) is 0 Å². The first-order chi connectivity index (χ1) is 9.06. The van der Waals surface area contributed by atoms with Crippen molar-refractivity contribution in [2.24, 2.45) is 11.8 Å². The standard InChI is InChI=1S/C17H27NO/c1-13-4-6-16(7-5-13)17(19)9-11-18-10-8-14(2)15(3)12-18/h4-7,14-15,17,19H,8-12H2,1-3H3. The van der Waals surface area contributed by atoms with Crippen LogP contribution in [0.25, 0.3) is 0 Å². The monoisotopic (exact) mass is 261 g/mol. The van der Waals surface area contributed by atoms with E-state index in [2.05, 4.69) is 37.8 Å². The zero-order chi connectivity index (χ0) is 13.8. The molecule has 0 aliphatic carbocycles. The van der Waals surface area contributed by atoms with Gasteiger partial charge in [0, 0.05) is 13.1 Å². The molecule has 1 aliphatic heterocycles. The minimum absolute atomic E-state index is 0.324. The second-order valence-electron chi connectivity index (χ2n) is 6.26. The van der Waals surface area contributed by atoms with E-state index in [-0.39, 0.29) is 6.10 Å². The van der Waals surface area contributed by atoms with Gasteiger partial charge in [0.25, 0.3) is 0 Å². The van der Waals surface area contributed by atoms with Gasteiger partial charge in [-0.25, -0.2) is 0 Å². The molecular formula is C17H27NO. The Labute approximate surface area is 117 Å². The van der Waals surface area contributed by atoms with E-state index in [4.69, 9.17) is 0 Å². The molecule has 1 aliphatic rings. The van der Waals surface area contributed by atoms with Crippen LogP contribution in [0.2, 0.25) is 0 Å². The lowest BCUT2D eigenvalue weighted by Crippen LogP contribution is -2.39. The number of benzene rings is 1. The highest BCUT2D eigenvalue weighted by Crippen LogP contribution is 2.24. The van der Waals surface area contributed by atoms with Gasteiger partial charge in [0.2, 0.25) is 0 Å². The predicted octanol–water partition coefficient (Wildman–Crippen LogP) is 3.40. The summed E-state index contributed by atoms with van der Waals surface area (Å²) in [5.74, 6) is 1.63. The van der Waals surface area contributed by atoms with E-state index in [1.807, 2.05) is 12.1 Å². The SMILES string of the molecule is Cc1ccc(C(O)CCN2CCC(C)C(C)C2)cc1. The molecule has 0 radical (unpaired) electrons. The first-order valence-corrected chi connectivity index (χ1v) is 7.53. The molecular weight excluding hydrogens is 234 g/mol. The summed E-state index contributed by atoms with van der Waals surface area (Å²) in [6, 6.07) is 8.23. The highest BCUT2D eigenvalue weighted by Gasteiger charge is 2.22. The molecule has 1 N–H and O–H groups in total. The molecule has 1 heterocycles. The van der Waals surface area contributed by atoms with Crippen LogP contribution in [0.5, 0.6) is 0 Å². The number of piperidine rings is 1. The maximum Gasteiger partial charge on any atom is 0.0802 e. The van der Waals surface area contributed by atoms with E-state index in [0.29, 0.717) is 0 Å². The molecule has 0 aromatic heterocycles. The van der Waals surface area contributed by atoms with Gasteiger partial charge in [0.15, 0.2) is 0 Å². The molecule has 1 aromatic rings. The Kier molecular flexibility index (Phi) is 5.00. The van der Waals surface area contributed by atoms with Crippen molar-refractivity contribution in [2.75, 3.05) is 19.6 Å². The maximum atomic E-state index is 10.2. The Balaban J connectivity index is 1.80. The van der Waals surface area contributed by atoms with Crippen molar-refractivity contribution < 1.29 is 5.11 Å². The number of aryl methyl sites for hydroxylation is 1. The van der Waals surface area contributed by atoms with E-state index >= 15 is 0 Å². The fraction of sp³-hybridized carbons (Fsp3) is 0.647. The summed E-state index contributed by atoms with van der Waals surface area (Å²) in [5.41, 5.74) is 2.29. The summed E-state index contributed by atoms with van der Waals surface area (Å²) in [6.45, 7) is 10.1. The molecule has 1 fully saturated rings. The lowest BCUT2D eigenvalue weighted by Gasteiger charge is -2.35. The number of hydrogen-bond acceptors (Lipinski definition) is 2. The highest BCUT2D eigenvalue weighted by molar-refractivity contribution is 5.23. The second kappa shape index (κ2) is 6.53. The molecule has 2 heteroatoms. The van der Waals surface area contributed by atoms with Crippen molar-refractivity contribution in [1.29, 1.82) is 0 Å². The van der Waals surface area contributed by atoms with Crippen molar-refractivity contribution in [3.63, 3.8) is 0 Å². The number of hydrogen-bond donors (Lipinski definition) is 1. The topological polar surface area (TPSA) is 23.5 Å². The minimum Gasteiger partial charge on any atom is -0.388 e. The zero-order valence-electron chi connectivity index (χ0n) is 12.5. The van der Waals surface area contributed by atoms with Crippen LogP contribution in [0.1, 0.15) is 43.9 Å². The first kappa shape index (κ1) is 14.5. The van der Waals surface area contributed by atoms with Crippen LogP contribution in [-0.4, -0.2) is 29.6 Å². The van der Waals surface area contributed by atoms with Crippen LogP contribution >= 0.6 is 0 Å². The van der Waals surface area contributed by atoms with Gasteiger partial charge in [-0.15, -0.1) is 0 Å². The number of aliphatic hydroxyl groups is 1. The van der Waals surface area contributed by atoms with E-state index in [1.165, 1.54) is 25.1 Å². The number of likely N-dealkylation sites (tertiary alicyclic amines) is 1. The molecule has 0 bridgehead atoms. The van der Waals surface area contributed by atoms with Crippen LogP contribution in [0.4, 0.5) is 0 Å². The quantitative estimate of drug-likeness (QED) is 0.898. The summed E-state index contributed by atoms with van der Waals surface area (Å²) in [4.78, 5) is 2.50. The summed E-state index contributed by atoms with van der Waals surface area (Å²) in [5, 5.41) is 10.2.